The maximum atomic E-state index is 11.2. The van der Waals surface area contributed by atoms with Gasteiger partial charge in [-0.05, 0) is 55.5 Å². The summed E-state index contributed by atoms with van der Waals surface area (Å²) in [6.45, 7) is 1.53. The van der Waals surface area contributed by atoms with Crippen LogP contribution in [0.25, 0.3) is 0 Å². The van der Waals surface area contributed by atoms with Gasteiger partial charge in [-0.25, -0.2) is 0 Å². The van der Waals surface area contributed by atoms with Crippen LogP contribution in [0, 0.1) is 0 Å². The van der Waals surface area contributed by atoms with Crippen molar-refractivity contribution in [3.63, 3.8) is 0 Å². The number of carbonyl (C=O) groups is 1. The Hall–Kier alpha value is -1.91. The fourth-order valence-electron chi connectivity index (χ4n) is 1.64. The molecular formula is C15H13ClN2OS. The van der Waals surface area contributed by atoms with Gasteiger partial charge in [-0.1, -0.05) is 23.7 Å². The summed E-state index contributed by atoms with van der Waals surface area (Å²) in [6, 6.07) is 14.5. The number of thiocarbonyl (C=S) groups is 1. The van der Waals surface area contributed by atoms with Gasteiger partial charge in [-0.15, -0.1) is 0 Å². The molecule has 0 radical (unpaired) electrons. The van der Waals surface area contributed by atoms with E-state index in [1.807, 2.05) is 18.2 Å². The van der Waals surface area contributed by atoms with E-state index in [1.54, 1.807) is 30.3 Å². The predicted molar refractivity (Wildman–Crippen MR) is 87.7 cm³/mol. The molecule has 0 aliphatic heterocycles. The largest absolute Gasteiger partial charge is 0.332 e. The van der Waals surface area contributed by atoms with Crippen LogP contribution in [0.2, 0.25) is 5.02 Å². The number of rotatable bonds is 3. The van der Waals surface area contributed by atoms with E-state index < -0.39 is 0 Å². The van der Waals surface area contributed by atoms with Crippen LogP contribution >= 0.6 is 23.8 Å². The summed E-state index contributed by atoms with van der Waals surface area (Å²) in [5.74, 6) is 0.0355. The van der Waals surface area contributed by atoms with Crippen molar-refractivity contribution >= 4 is 46.1 Å². The number of para-hydroxylation sites is 1. The Morgan fingerprint density at radius 1 is 1.05 bits per heavy atom. The number of hydrogen-bond acceptors (Lipinski definition) is 2. The number of nitrogens with one attached hydrogen (secondary N) is 2. The van der Waals surface area contributed by atoms with Crippen LogP contribution in [-0.4, -0.2) is 10.9 Å². The van der Waals surface area contributed by atoms with Gasteiger partial charge in [0.25, 0.3) is 0 Å². The summed E-state index contributed by atoms with van der Waals surface area (Å²) in [5.41, 5.74) is 2.21. The average Bonchev–Trinajstić information content (AvgIpc) is 2.42. The number of anilines is 2. The maximum absolute atomic E-state index is 11.2. The predicted octanol–water partition coefficient (Wildman–Crippen LogP) is 4.35. The Bertz CT molecular complexity index is 641. The molecule has 0 unspecified atom stereocenters. The van der Waals surface area contributed by atoms with Gasteiger partial charge < -0.3 is 10.6 Å². The number of ketones is 1. The molecule has 0 aliphatic rings. The Morgan fingerprint density at radius 3 is 2.30 bits per heavy atom. The first-order valence-corrected chi connectivity index (χ1v) is 6.78. The average molecular weight is 305 g/mol. The Balaban J connectivity index is 2.01. The van der Waals surface area contributed by atoms with Crippen molar-refractivity contribution in [3.05, 3.63) is 59.1 Å². The zero-order chi connectivity index (χ0) is 14.5. The summed E-state index contributed by atoms with van der Waals surface area (Å²) < 4.78 is 0. The molecule has 0 fully saturated rings. The molecule has 0 atom stereocenters. The van der Waals surface area contributed by atoms with E-state index in [9.17, 15) is 4.79 Å². The SMILES string of the molecule is CC(=O)c1ccc(NC(=S)Nc2ccccc2Cl)cc1. The normalized spacial score (nSPS) is 9.90. The fourth-order valence-corrected chi connectivity index (χ4v) is 2.05. The molecular weight excluding hydrogens is 292 g/mol. The molecule has 3 nitrogen and oxygen atoms in total. The number of Topliss-reactive ketones (excluding diaryl/α,β-unsaturated/α-hetero) is 1. The minimum Gasteiger partial charge on any atom is -0.332 e. The Labute approximate surface area is 128 Å². The second-order valence-electron chi connectivity index (χ2n) is 4.19. The summed E-state index contributed by atoms with van der Waals surface area (Å²) >= 11 is 11.3. The molecule has 0 amide bonds. The van der Waals surface area contributed by atoms with Crippen molar-refractivity contribution in [2.75, 3.05) is 10.6 Å². The summed E-state index contributed by atoms with van der Waals surface area (Å²) in [7, 11) is 0. The molecule has 0 saturated carbocycles. The highest BCUT2D eigenvalue weighted by Gasteiger charge is 2.03. The van der Waals surface area contributed by atoms with Crippen molar-refractivity contribution < 1.29 is 4.79 Å². The van der Waals surface area contributed by atoms with E-state index in [0.717, 1.165) is 11.4 Å². The van der Waals surface area contributed by atoms with Crippen molar-refractivity contribution in [1.82, 2.24) is 0 Å². The van der Waals surface area contributed by atoms with E-state index in [2.05, 4.69) is 10.6 Å². The number of carbonyl (C=O) groups excluding carboxylic acids is 1. The van der Waals surface area contributed by atoms with E-state index in [1.165, 1.54) is 6.92 Å². The first kappa shape index (κ1) is 14.5. The highest BCUT2D eigenvalue weighted by Crippen LogP contribution is 2.20. The molecule has 2 aromatic rings. The second-order valence-corrected chi connectivity index (χ2v) is 5.01. The second kappa shape index (κ2) is 6.50. The van der Waals surface area contributed by atoms with Gasteiger partial charge in [-0.2, -0.15) is 0 Å². The summed E-state index contributed by atoms with van der Waals surface area (Å²) in [6.07, 6.45) is 0. The third-order valence-electron chi connectivity index (χ3n) is 2.67. The zero-order valence-electron chi connectivity index (χ0n) is 10.8. The van der Waals surface area contributed by atoms with Gasteiger partial charge in [0, 0.05) is 11.3 Å². The van der Waals surface area contributed by atoms with Crippen LogP contribution < -0.4 is 10.6 Å². The molecule has 0 heterocycles. The Kier molecular flexibility index (Phi) is 4.71. The monoisotopic (exact) mass is 304 g/mol. The van der Waals surface area contributed by atoms with Crippen LogP contribution in [0.15, 0.2) is 48.5 Å². The number of benzene rings is 2. The van der Waals surface area contributed by atoms with Crippen LogP contribution in [0.1, 0.15) is 17.3 Å². The topological polar surface area (TPSA) is 41.1 Å². The van der Waals surface area contributed by atoms with Gasteiger partial charge in [0.05, 0.1) is 10.7 Å². The highest BCUT2D eigenvalue weighted by atomic mass is 35.5. The lowest BCUT2D eigenvalue weighted by atomic mass is 10.1. The minimum absolute atomic E-state index is 0.0355. The summed E-state index contributed by atoms with van der Waals surface area (Å²) in [5, 5.41) is 7.09. The first-order chi connectivity index (χ1) is 9.56. The van der Waals surface area contributed by atoms with Gasteiger partial charge in [0.15, 0.2) is 10.9 Å². The third-order valence-corrected chi connectivity index (χ3v) is 3.21. The standard InChI is InChI=1S/C15H13ClN2OS/c1-10(19)11-6-8-12(9-7-11)17-15(20)18-14-5-3-2-4-13(14)16/h2-9H,1H3,(H2,17,18,20). The molecule has 0 bridgehead atoms. The van der Waals surface area contributed by atoms with Crippen LogP contribution in [0.5, 0.6) is 0 Å². The van der Waals surface area contributed by atoms with Crippen molar-refractivity contribution in [1.29, 1.82) is 0 Å². The molecule has 0 saturated heterocycles. The smallest absolute Gasteiger partial charge is 0.175 e. The number of halogens is 1. The van der Waals surface area contributed by atoms with Crippen molar-refractivity contribution in [2.24, 2.45) is 0 Å². The van der Waals surface area contributed by atoms with Crippen molar-refractivity contribution in [3.8, 4) is 0 Å². The van der Waals surface area contributed by atoms with Gasteiger partial charge in [0.2, 0.25) is 0 Å². The minimum atomic E-state index is 0.0355. The Morgan fingerprint density at radius 2 is 1.70 bits per heavy atom. The third kappa shape index (κ3) is 3.79. The molecule has 2 aromatic carbocycles. The van der Waals surface area contributed by atoms with E-state index >= 15 is 0 Å². The van der Waals surface area contributed by atoms with Crippen molar-refractivity contribution in [2.45, 2.75) is 6.92 Å². The van der Waals surface area contributed by atoms with E-state index in [-0.39, 0.29) is 5.78 Å². The van der Waals surface area contributed by atoms with Gasteiger partial charge in [0.1, 0.15) is 0 Å². The highest BCUT2D eigenvalue weighted by molar-refractivity contribution is 7.80. The van der Waals surface area contributed by atoms with Gasteiger partial charge in [-0.3, -0.25) is 4.79 Å². The quantitative estimate of drug-likeness (QED) is 0.653. The van der Waals surface area contributed by atoms with Crippen LogP contribution in [0.3, 0.4) is 0 Å². The van der Waals surface area contributed by atoms with E-state index in [4.69, 9.17) is 23.8 Å². The summed E-state index contributed by atoms with van der Waals surface area (Å²) in [4.78, 5) is 11.2. The lowest BCUT2D eigenvalue weighted by Crippen LogP contribution is -2.19. The zero-order valence-corrected chi connectivity index (χ0v) is 12.4. The molecule has 0 spiro atoms. The van der Waals surface area contributed by atoms with E-state index in [0.29, 0.717) is 15.7 Å². The lowest BCUT2D eigenvalue weighted by molar-refractivity contribution is 0.101. The molecule has 20 heavy (non-hydrogen) atoms. The molecule has 2 N–H and O–H groups in total. The molecule has 102 valence electrons. The van der Waals surface area contributed by atoms with Gasteiger partial charge >= 0.3 is 0 Å². The maximum Gasteiger partial charge on any atom is 0.175 e. The fraction of sp³-hybridized carbons (Fsp3) is 0.0667. The van der Waals surface area contributed by atoms with Crippen LogP contribution in [-0.2, 0) is 0 Å². The molecule has 0 aliphatic carbocycles. The van der Waals surface area contributed by atoms with Crippen LogP contribution in [0.4, 0.5) is 11.4 Å². The molecule has 2 rings (SSSR count). The number of hydrogen-bond donors (Lipinski definition) is 2. The lowest BCUT2D eigenvalue weighted by Gasteiger charge is -2.11. The first-order valence-electron chi connectivity index (χ1n) is 6.00. The molecule has 0 aromatic heterocycles. The molecule has 5 heteroatoms.